The molecule has 100 valence electrons. The van der Waals surface area contributed by atoms with Crippen LogP contribution in [0.4, 0.5) is 5.69 Å². The highest BCUT2D eigenvalue weighted by molar-refractivity contribution is 5.54. The Morgan fingerprint density at radius 2 is 2.06 bits per heavy atom. The summed E-state index contributed by atoms with van der Waals surface area (Å²) >= 11 is 0. The fourth-order valence-electron chi connectivity index (χ4n) is 2.45. The summed E-state index contributed by atoms with van der Waals surface area (Å²) in [5.74, 6) is 0. The zero-order chi connectivity index (χ0) is 13.0. The molecule has 0 amide bonds. The summed E-state index contributed by atoms with van der Waals surface area (Å²) in [6.45, 7) is 7.98. The number of rotatable bonds is 4. The van der Waals surface area contributed by atoms with Crippen molar-refractivity contribution in [2.75, 3.05) is 31.2 Å². The summed E-state index contributed by atoms with van der Waals surface area (Å²) in [4.78, 5) is 2.41. The van der Waals surface area contributed by atoms with E-state index in [9.17, 15) is 0 Å². The lowest BCUT2D eigenvalue weighted by Crippen LogP contribution is -2.36. The second-order valence-electron chi connectivity index (χ2n) is 5.09. The van der Waals surface area contributed by atoms with Gasteiger partial charge in [0.05, 0.1) is 13.2 Å². The molecule has 1 aliphatic rings. The van der Waals surface area contributed by atoms with Gasteiger partial charge in [-0.15, -0.1) is 0 Å². The molecule has 3 nitrogen and oxygen atoms in total. The molecule has 0 radical (unpaired) electrons. The second-order valence-corrected chi connectivity index (χ2v) is 5.09. The SMILES string of the molecule is CCC(N)Cc1ccc(N2CCOCC2)c(C)c1. The molecule has 2 rings (SSSR count). The first-order chi connectivity index (χ1) is 8.70. The Morgan fingerprint density at radius 1 is 1.33 bits per heavy atom. The van der Waals surface area contributed by atoms with E-state index < -0.39 is 0 Å². The van der Waals surface area contributed by atoms with Gasteiger partial charge < -0.3 is 15.4 Å². The number of morpholine rings is 1. The first kappa shape index (κ1) is 13.4. The number of nitrogens with zero attached hydrogens (tertiary/aromatic N) is 1. The molecule has 0 aromatic heterocycles. The third kappa shape index (κ3) is 3.24. The summed E-state index contributed by atoms with van der Waals surface area (Å²) in [5.41, 5.74) is 10.0. The van der Waals surface area contributed by atoms with Crippen LogP contribution in [-0.4, -0.2) is 32.3 Å². The molecule has 2 N–H and O–H groups in total. The van der Waals surface area contributed by atoms with Crippen LogP contribution in [-0.2, 0) is 11.2 Å². The van der Waals surface area contributed by atoms with Crippen LogP contribution in [0, 0.1) is 6.92 Å². The average molecular weight is 248 g/mol. The first-order valence-corrected chi connectivity index (χ1v) is 6.88. The lowest BCUT2D eigenvalue weighted by Gasteiger charge is -2.30. The van der Waals surface area contributed by atoms with Gasteiger partial charge in [-0.25, -0.2) is 0 Å². The maximum Gasteiger partial charge on any atom is 0.0642 e. The molecule has 3 heteroatoms. The maximum absolute atomic E-state index is 6.01. The minimum absolute atomic E-state index is 0.277. The van der Waals surface area contributed by atoms with Gasteiger partial charge in [-0.05, 0) is 37.0 Å². The van der Waals surface area contributed by atoms with Crippen molar-refractivity contribution >= 4 is 5.69 Å². The van der Waals surface area contributed by atoms with Gasteiger partial charge in [0, 0.05) is 24.8 Å². The zero-order valence-electron chi connectivity index (χ0n) is 11.5. The Balaban J connectivity index is 2.09. The van der Waals surface area contributed by atoms with Crippen molar-refractivity contribution < 1.29 is 4.74 Å². The van der Waals surface area contributed by atoms with Crippen molar-refractivity contribution in [2.45, 2.75) is 32.7 Å². The topological polar surface area (TPSA) is 38.5 Å². The highest BCUT2D eigenvalue weighted by Crippen LogP contribution is 2.22. The minimum Gasteiger partial charge on any atom is -0.378 e. The van der Waals surface area contributed by atoms with Crippen molar-refractivity contribution in [3.8, 4) is 0 Å². The summed E-state index contributed by atoms with van der Waals surface area (Å²) in [6, 6.07) is 7.00. The molecular formula is C15H24N2O. The molecule has 0 bridgehead atoms. The quantitative estimate of drug-likeness (QED) is 0.887. The summed E-state index contributed by atoms with van der Waals surface area (Å²) in [7, 11) is 0. The van der Waals surface area contributed by atoms with E-state index in [0.717, 1.165) is 39.1 Å². The van der Waals surface area contributed by atoms with E-state index in [4.69, 9.17) is 10.5 Å². The molecule has 1 heterocycles. The summed E-state index contributed by atoms with van der Waals surface area (Å²) in [6.07, 6.45) is 2.00. The van der Waals surface area contributed by atoms with Crippen molar-refractivity contribution in [1.29, 1.82) is 0 Å². The van der Waals surface area contributed by atoms with E-state index in [1.165, 1.54) is 16.8 Å². The maximum atomic E-state index is 6.01. The average Bonchev–Trinajstić information content (AvgIpc) is 2.40. The van der Waals surface area contributed by atoms with Crippen molar-refractivity contribution in [2.24, 2.45) is 5.73 Å². The number of anilines is 1. The van der Waals surface area contributed by atoms with E-state index >= 15 is 0 Å². The van der Waals surface area contributed by atoms with Crippen LogP contribution >= 0.6 is 0 Å². The standard InChI is InChI=1S/C15H24N2O/c1-3-14(16)11-13-4-5-15(12(2)10-13)17-6-8-18-9-7-17/h4-5,10,14H,3,6-9,11,16H2,1-2H3. The molecule has 1 atom stereocenters. The predicted octanol–water partition coefficient (Wildman–Crippen LogP) is 2.11. The molecule has 18 heavy (non-hydrogen) atoms. The Bertz CT molecular complexity index is 386. The van der Waals surface area contributed by atoms with Gasteiger partial charge in [0.2, 0.25) is 0 Å². The molecule has 1 fully saturated rings. The van der Waals surface area contributed by atoms with E-state index in [1.54, 1.807) is 0 Å². The predicted molar refractivity (Wildman–Crippen MR) is 76.2 cm³/mol. The Hall–Kier alpha value is -1.06. The number of aryl methyl sites for hydroxylation is 1. The molecule has 1 unspecified atom stereocenters. The third-order valence-corrected chi connectivity index (χ3v) is 3.64. The molecule has 1 aromatic carbocycles. The van der Waals surface area contributed by atoms with Gasteiger partial charge in [0.15, 0.2) is 0 Å². The van der Waals surface area contributed by atoms with Gasteiger partial charge in [-0.1, -0.05) is 19.1 Å². The fraction of sp³-hybridized carbons (Fsp3) is 0.600. The Kier molecular flexibility index (Phi) is 4.61. The van der Waals surface area contributed by atoms with Crippen LogP contribution in [0.5, 0.6) is 0 Å². The zero-order valence-corrected chi connectivity index (χ0v) is 11.5. The van der Waals surface area contributed by atoms with Gasteiger partial charge in [-0.2, -0.15) is 0 Å². The summed E-state index contributed by atoms with van der Waals surface area (Å²) in [5, 5.41) is 0. The van der Waals surface area contributed by atoms with E-state index in [0.29, 0.717) is 0 Å². The van der Waals surface area contributed by atoms with E-state index in [2.05, 4.69) is 36.9 Å². The molecule has 0 spiro atoms. The van der Waals surface area contributed by atoms with E-state index in [1.807, 2.05) is 0 Å². The monoisotopic (exact) mass is 248 g/mol. The van der Waals surface area contributed by atoms with Crippen molar-refractivity contribution in [3.63, 3.8) is 0 Å². The Morgan fingerprint density at radius 3 is 2.67 bits per heavy atom. The lowest BCUT2D eigenvalue weighted by atomic mass is 10.0. The second kappa shape index (κ2) is 6.21. The molecule has 0 saturated carbocycles. The number of ether oxygens (including phenoxy) is 1. The van der Waals surface area contributed by atoms with Crippen molar-refractivity contribution in [3.05, 3.63) is 29.3 Å². The third-order valence-electron chi connectivity index (χ3n) is 3.64. The van der Waals surface area contributed by atoms with Crippen LogP contribution < -0.4 is 10.6 Å². The molecule has 0 aliphatic carbocycles. The largest absolute Gasteiger partial charge is 0.378 e. The van der Waals surface area contributed by atoms with Gasteiger partial charge in [-0.3, -0.25) is 0 Å². The van der Waals surface area contributed by atoms with Crippen LogP contribution in [0.3, 0.4) is 0 Å². The molecule has 1 saturated heterocycles. The number of nitrogens with two attached hydrogens (primary N) is 1. The number of hydrogen-bond donors (Lipinski definition) is 1. The highest BCUT2D eigenvalue weighted by Gasteiger charge is 2.13. The van der Waals surface area contributed by atoms with Crippen molar-refractivity contribution in [1.82, 2.24) is 0 Å². The van der Waals surface area contributed by atoms with Crippen LogP contribution in [0.2, 0.25) is 0 Å². The molecule has 1 aliphatic heterocycles. The molecular weight excluding hydrogens is 224 g/mol. The first-order valence-electron chi connectivity index (χ1n) is 6.88. The summed E-state index contributed by atoms with van der Waals surface area (Å²) < 4.78 is 5.39. The number of benzene rings is 1. The van der Waals surface area contributed by atoms with Crippen LogP contribution in [0.15, 0.2) is 18.2 Å². The smallest absolute Gasteiger partial charge is 0.0642 e. The minimum atomic E-state index is 0.277. The lowest BCUT2D eigenvalue weighted by molar-refractivity contribution is 0.122. The van der Waals surface area contributed by atoms with Gasteiger partial charge in [0.1, 0.15) is 0 Å². The normalized spacial score (nSPS) is 17.8. The van der Waals surface area contributed by atoms with Gasteiger partial charge >= 0.3 is 0 Å². The highest BCUT2D eigenvalue weighted by atomic mass is 16.5. The molecule has 1 aromatic rings. The number of hydrogen-bond acceptors (Lipinski definition) is 3. The fourth-order valence-corrected chi connectivity index (χ4v) is 2.45. The van der Waals surface area contributed by atoms with Crippen LogP contribution in [0.25, 0.3) is 0 Å². The van der Waals surface area contributed by atoms with Crippen LogP contribution in [0.1, 0.15) is 24.5 Å². The Labute approximate surface area is 110 Å². The van der Waals surface area contributed by atoms with Gasteiger partial charge in [0.25, 0.3) is 0 Å². The van der Waals surface area contributed by atoms with E-state index in [-0.39, 0.29) is 6.04 Å².